The van der Waals surface area contributed by atoms with Gasteiger partial charge in [0.05, 0.1) is 5.41 Å². The number of amides is 1. The maximum Gasteiger partial charge on any atom is 0.229 e. The predicted molar refractivity (Wildman–Crippen MR) is 110 cm³/mol. The molecule has 4 heteroatoms. The molecule has 2 fully saturated rings. The van der Waals surface area contributed by atoms with E-state index in [0.29, 0.717) is 25.0 Å². The molecule has 3 heterocycles. The van der Waals surface area contributed by atoms with Crippen LogP contribution in [0.2, 0.25) is 0 Å². The van der Waals surface area contributed by atoms with E-state index in [1.807, 2.05) is 24.4 Å². The number of carbonyl (C=O) groups excluding carboxylic acids is 1. The highest BCUT2D eigenvalue weighted by atomic mass is 16.5. The predicted octanol–water partition coefficient (Wildman–Crippen LogP) is 3.90. The van der Waals surface area contributed by atoms with Crippen LogP contribution < -0.4 is 0 Å². The van der Waals surface area contributed by atoms with Crippen molar-refractivity contribution in [2.24, 2.45) is 11.3 Å². The van der Waals surface area contributed by atoms with Crippen LogP contribution in [0.25, 0.3) is 0 Å². The second kappa shape index (κ2) is 8.87. The van der Waals surface area contributed by atoms with Gasteiger partial charge in [-0.2, -0.15) is 0 Å². The van der Waals surface area contributed by atoms with Gasteiger partial charge in [-0.25, -0.2) is 0 Å². The molecule has 0 bridgehead atoms. The van der Waals surface area contributed by atoms with Gasteiger partial charge in [-0.1, -0.05) is 36.4 Å². The van der Waals surface area contributed by atoms with Crippen LogP contribution in [0.15, 0.2) is 54.7 Å². The average molecular weight is 379 g/mol. The molecule has 28 heavy (non-hydrogen) atoms. The molecular formula is C24H30N2O2. The first-order valence-corrected chi connectivity index (χ1v) is 10.6. The minimum atomic E-state index is -0.313. The summed E-state index contributed by atoms with van der Waals surface area (Å²) in [6.07, 6.45) is 7.54. The van der Waals surface area contributed by atoms with Gasteiger partial charge in [0.25, 0.3) is 0 Å². The fourth-order valence-corrected chi connectivity index (χ4v) is 4.78. The molecule has 0 N–H and O–H groups in total. The average Bonchev–Trinajstić information content (AvgIpc) is 2.75. The van der Waals surface area contributed by atoms with E-state index in [9.17, 15) is 4.79 Å². The number of likely N-dealkylation sites (tertiary alicyclic amines) is 1. The zero-order valence-corrected chi connectivity index (χ0v) is 16.6. The molecular weight excluding hydrogens is 348 g/mol. The molecule has 2 aromatic rings. The number of benzene rings is 1. The van der Waals surface area contributed by atoms with Crippen molar-refractivity contribution in [3.8, 4) is 0 Å². The first kappa shape index (κ1) is 19.1. The topological polar surface area (TPSA) is 42.4 Å². The minimum absolute atomic E-state index is 0.313. The Kier molecular flexibility index (Phi) is 6.06. The molecule has 1 aromatic heterocycles. The summed E-state index contributed by atoms with van der Waals surface area (Å²) in [5.41, 5.74) is 2.07. The number of rotatable bonds is 5. The lowest BCUT2D eigenvalue weighted by molar-refractivity contribution is -0.150. The summed E-state index contributed by atoms with van der Waals surface area (Å²) in [6, 6.07) is 16.6. The van der Waals surface area contributed by atoms with Crippen LogP contribution in [0.3, 0.4) is 0 Å². The SMILES string of the molecule is O=C(N1CCC[C@H](Cc2ccccn2)C1)C1(Cc2ccccc2)CCOCC1. The Bertz CT molecular complexity index is 757. The zero-order valence-electron chi connectivity index (χ0n) is 16.6. The Morgan fingerprint density at radius 1 is 1.11 bits per heavy atom. The molecule has 0 saturated carbocycles. The molecule has 148 valence electrons. The lowest BCUT2D eigenvalue weighted by Crippen LogP contribution is -2.51. The van der Waals surface area contributed by atoms with E-state index in [1.54, 1.807) is 0 Å². The summed E-state index contributed by atoms with van der Waals surface area (Å²) in [5, 5.41) is 0. The van der Waals surface area contributed by atoms with E-state index in [-0.39, 0.29) is 5.41 Å². The van der Waals surface area contributed by atoms with E-state index in [4.69, 9.17) is 4.74 Å². The minimum Gasteiger partial charge on any atom is -0.381 e. The second-order valence-corrected chi connectivity index (χ2v) is 8.34. The van der Waals surface area contributed by atoms with Gasteiger partial charge in [0.2, 0.25) is 5.91 Å². The number of aromatic nitrogens is 1. The van der Waals surface area contributed by atoms with E-state index in [0.717, 1.165) is 50.9 Å². The first-order valence-electron chi connectivity index (χ1n) is 10.6. The molecule has 1 amide bonds. The number of carbonyl (C=O) groups is 1. The third-order valence-corrected chi connectivity index (χ3v) is 6.32. The van der Waals surface area contributed by atoms with Gasteiger partial charge in [-0.3, -0.25) is 9.78 Å². The van der Waals surface area contributed by atoms with Gasteiger partial charge in [0.15, 0.2) is 0 Å². The van der Waals surface area contributed by atoms with Crippen molar-refractivity contribution in [1.82, 2.24) is 9.88 Å². The van der Waals surface area contributed by atoms with Crippen molar-refractivity contribution in [3.63, 3.8) is 0 Å². The van der Waals surface area contributed by atoms with E-state index in [1.165, 1.54) is 12.0 Å². The first-order chi connectivity index (χ1) is 13.8. The van der Waals surface area contributed by atoms with Gasteiger partial charge in [0, 0.05) is 38.2 Å². The van der Waals surface area contributed by atoms with Crippen LogP contribution >= 0.6 is 0 Å². The summed E-state index contributed by atoms with van der Waals surface area (Å²) in [5.74, 6) is 0.839. The summed E-state index contributed by atoms with van der Waals surface area (Å²) >= 11 is 0. The molecule has 0 unspecified atom stereocenters. The Balaban J connectivity index is 1.48. The monoisotopic (exact) mass is 378 g/mol. The maximum atomic E-state index is 13.7. The molecule has 2 saturated heterocycles. The largest absolute Gasteiger partial charge is 0.381 e. The van der Waals surface area contributed by atoms with Gasteiger partial charge in [-0.05, 0) is 62.1 Å². The number of pyridine rings is 1. The molecule has 4 rings (SSSR count). The lowest BCUT2D eigenvalue weighted by Gasteiger charge is -2.42. The molecule has 2 aliphatic heterocycles. The van der Waals surface area contributed by atoms with Crippen LogP contribution in [0.4, 0.5) is 0 Å². The highest BCUT2D eigenvalue weighted by molar-refractivity contribution is 5.83. The summed E-state index contributed by atoms with van der Waals surface area (Å²) in [6.45, 7) is 3.11. The normalized spacial score (nSPS) is 22.0. The molecule has 2 aliphatic rings. The molecule has 4 nitrogen and oxygen atoms in total. The number of hydrogen-bond donors (Lipinski definition) is 0. The Morgan fingerprint density at radius 2 is 1.89 bits per heavy atom. The molecule has 1 atom stereocenters. The fourth-order valence-electron chi connectivity index (χ4n) is 4.78. The van der Waals surface area contributed by atoms with Crippen LogP contribution in [-0.2, 0) is 22.4 Å². The summed E-state index contributed by atoms with van der Waals surface area (Å²) < 4.78 is 5.62. The number of ether oxygens (including phenoxy) is 1. The zero-order chi connectivity index (χ0) is 19.2. The highest BCUT2D eigenvalue weighted by Crippen LogP contribution is 2.37. The van der Waals surface area contributed by atoms with Crippen molar-refractivity contribution in [3.05, 3.63) is 66.0 Å². The van der Waals surface area contributed by atoms with Gasteiger partial charge >= 0.3 is 0 Å². The van der Waals surface area contributed by atoms with Crippen LogP contribution in [0.5, 0.6) is 0 Å². The maximum absolute atomic E-state index is 13.7. The highest BCUT2D eigenvalue weighted by Gasteiger charge is 2.43. The summed E-state index contributed by atoms with van der Waals surface area (Å²) in [7, 11) is 0. The van der Waals surface area contributed by atoms with Crippen LogP contribution in [0.1, 0.15) is 36.9 Å². The molecule has 0 radical (unpaired) electrons. The fraction of sp³-hybridized carbons (Fsp3) is 0.500. The smallest absolute Gasteiger partial charge is 0.229 e. The Hall–Kier alpha value is -2.20. The van der Waals surface area contributed by atoms with Crippen molar-refractivity contribution >= 4 is 5.91 Å². The van der Waals surface area contributed by atoms with Crippen molar-refractivity contribution in [1.29, 1.82) is 0 Å². The van der Waals surface area contributed by atoms with Crippen molar-refractivity contribution in [2.75, 3.05) is 26.3 Å². The van der Waals surface area contributed by atoms with E-state index < -0.39 is 0 Å². The molecule has 0 aliphatic carbocycles. The van der Waals surface area contributed by atoms with Gasteiger partial charge in [-0.15, -0.1) is 0 Å². The van der Waals surface area contributed by atoms with E-state index >= 15 is 0 Å². The van der Waals surface area contributed by atoms with Crippen molar-refractivity contribution in [2.45, 2.75) is 38.5 Å². The third kappa shape index (κ3) is 4.44. The quantitative estimate of drug-likeness (QED) is 0.792. The van der Waals surface area contributed by atoms with Crippen molar-refractivity contribution < 1.29 is 9.53 Å². The Morgan fingerprint density at radius 3 is 2.64 bits per heavy atom. The number of nitrogens with zero attached hydrogens (tertiary/aromatic N) is 2. The standard InChI is InChI=1S/C24H30N2O2/c27-23(24(11-15-28-16-12-24)18-20-7-2-1-3-8-20)26-14-6-9-21(19-26)17-22-10-4-5-13-25-22/h1-5,7-8,10,13,21H,6,9,11-12,14-19H2/t21-/m1/s1. The lowest BCUT2D eigenvalue weighted by atomic mass is 9.73. The van der Waals surface area contributed by atoms with Gasteiger partial charge < -0.3 is 9.64 Å². The van der Waals surface area contributed by atoms with Crippen LogP contribution in [0, 0.1) is 11.3 Å². The van der Waals surface area contributed by atoms with Crippen LogP contribution in [-0.4, -0.2) is 42.1 Å². The number of piperidine rings is 1. The third-order valence-electron chi connectivity index (χ3n) is 6.32. The second-order valence-electron chi connectivity index (χ2n) is 8.34. The molecule has 1 aromatic carbocycles. The summed E-state index contributed by atoms with van der Waals surface area (Å²) in [4.78, 5) is 20.4. The Labute approximate surface area is 167 Å². The van der Waals surface area contributed by atoms with E-state index in [2.05, 4.69) is 40.2 Å². The molecule has 0 spiro atoms. The van der Waals surface area contributed by atoms with Gasteiger partial charge in [0.1, 0.15) is 0 Å². The number of hydrogen-bond acceptors (Lipinski definition) is 3.